The van der Waals surface area contributed by atoms with E-state index >= 15 is 0 Å². The van der Waals surface area contributed by atoms with E-state index in [1.807, 2.05) is 13.8 Å². The molecule has 4 nitrogen and oxygen atoms in total. The Morgan fingerprint density at radius 1 is 1.32 bits per heavy atom. The first-order valence-electron chi connectivity index (χ1n) is 8.58. The minimum absolute atomic E-state index is 0.0894. The lowest BCUT2D eigenvalue weighted by Crippen LogP contribution is -2.52. The second-order valence-corrected chi connectivity index (χ2v) is 7.65. The number of piperidine rings is 1. The van der Waals surface area contributed by atoms with E-state index in [1.54, 1.807) is 6.07 Å². The van der Waals surface area contributed by atoms with Crippen LogP contribution in [-0.2, 0) is 11.0 Å². The molecular weight excluding hydrogens is 331 g/mol. The van der Waals surface area contributed by atoms with Crippen molar-refractivity contribution in [2.45, 2.75) is 56.9 Å². The maximum absolute atomic E-state index is 13.1. The Bertz CT molecular complexity index is 659. The number of nitrogens with zero attached hydrogens (tertiary/aromatic N) is 2. The second-order valence-electron chi connectivity index (χ2n) is 7.65. The molecule has 2 N–H and O–H groups in total. The van der Waals surface area contributed by atoms with Crippen molar-refractivity contribution in [3.63, 3.8) is 0 Å². The number of hydrogen-bond acceptors (Lipinski definition) is 3. The van der Waals surface area contributed by atoms with Crippen molar-refractivity contribution in [3.8, 4) is 0 Å². The van der Waals surface area contributed by atoms with Gasteiger partial charge in [-0.15, -0.1) is 0 Å². The third kappa shape index (κ3) is 3.47. The molecule has 0 saturated carbocycles. The van der Waals surface area contributed by atoms with Crippen molar-refractivity contribution in [1.82, 2.24) is 4.90 Å². The predicted molar refractivity (Wildman–Crippen MR) is 90.2 cm³/mol. The van der Waals surface area contributed by atoms with Gasteiger partial charge in [0.05, 0.1) is 12.1 Å². The SMILES string of the molecule is CC1(C)C[C@H]2[C@H](CCCN2CC(N)=O)N1c1cccc(C(F)(F)F)c1. The van der Waals surface area contributed by atoms with Gasteiger partial charge < -0.3 is 10.6 Å². The van der Waals surface area contributed by atoms with Crippen LogP contribution in [-0.4, -0.2) is 41.5 Å². The van der Waals surface area contributed by atoms with Crippen LogP contribution in [0.15, 0.2) is 24.3 Å². The molecule has 0 spiro atoms. The molecule has 1 amide bonds. The van der Waals surface area contributed by atoms with Crippen LogP contribution >= 0.6 is 0 Å². The topological polar surface area (TPSA) is 49.6 Å². The summed E-state index contributed by atoms with van der Waals surface area (Å²) in [7, 11) is 0. The highest BCUT2D eigenvalue weighted by atomic mass is 19.4. The summed E-state index contributed by atoms with van der Waals surface area (Å²) >= 11 is 0. The molecule has 3 rings (SSSR count). The molecule has 0 bridgehead atoms. The van der Waals surface area contributed by atoms with E-state index in [0.717, 1.165) is 31.9 Å². The van der Waals surface area contributed by atoms with Crippen LogP contribution in [0.3, 0.4) is 0 Å². The lowest BCUT2D eigenvalue weighted by molar-refractivity contribution is -0.137. The first kappa shape index (κ1) is 18.0. The number of carbonyl (C=O) groups excluding carboxylic acids is 1. The van der Waals surface area contributed by atoms with Crippen molar-refractivity contribution in [1.29, 1.82) is 0 Å². The van der Waals surface area contributed by atoms with Gasteiger partial charge in [-0.3, -0.25) is 9.69 Å². The van der Waals surface area contributed by atoms with Gasteiger partial charge in [0.15, 0.2) is 0 Å². The number of primary amides is 1. The van der Waals surface area contributed by atoms with E-state index in [9.17, 15) is 18.0 Å². The number of halogens is 3. The molecule has 2 aliphatic heterocycles. The summed E-state index contributed by atoms with van der Waals surface area (Å²) in [5.74, 6) is -0.365. The van der Waals surface area contributed by atoms with E-state index in [1.165, 1.54) is 12.1 Å². The van der Waals surface area contributed by atoms with Gasteiger partial charge in [-0.25, -0.2) is 0 Å². The quantitative estimate of drug-likeness (QED) is 0.907. The number of likely N-dealkylation sites (tertiary alicyclic amines) is 1. The monoisotopic (exact) mass is 355 g/mol. The molecule has 0 aromatic heterocycles. The number of carbonyl (C=O) groups is 1. The van der Waals surface area contributed by atoms with Gasteiger partial charge in [-0.05, 0) is 57.9 Å². The summed E-state index contributed by atoms with van der Waals surface area (Å²) in [6.07, 6.45) is -1.76. The Balaban J connectivity index is 1.95. The molecular formula is C18H24F3N3O. The minimum Gasteiger partial charge on any atom is -0.369 e. The van der Waals surface area contributed by atoms with Crippen molar-refractivity contribution in [2.75, 3.05) is 18.0 Å². The fraction of sp³-hybridized carbons (Fsp3) is 0.611. The van der Waals surface area contributed by atoms with Crippen LogP contribution in [0.1, 0.15) is 38.7 Å². The molecule has 2 heterocycles. The second kappa shape index (κ2) is 6.20. The first-order chi connectivity index (χ1) is 11.6. The zero-order chi connectivity index (χ0) is 18.4. The average molecular weight is 355 g/mol. The smallest absolute Gasteiger partial charge is 0.369 e. The van der Waals surface area contributed by atoms with Gasteiger partial charge in [0.1, 0.15) is 0 Å². The van der Waals surface area contributed by atoms with E-state index in [0.29, 0.717) is 5.69 Å². The van der Waals surface area contributed by atoms with Crippen molar-refractivity contribution < 1.29 is 18.0 Å². The Kier molecular flexibility index (Phi) is 4.47. The maximum Gasteiger partial charge on any atom is 0.416 e. The summed E-state index contributed by atoms with van der Waals surface area (Å²) in [5, 5.41) is 0. The van der Waals surface area contributed by atoms with Gasteiger partial charge >= 0.3 is 6.18 Å². The van der Waals surface area contributed by atoms with Gasteiger partial charge in [0, 0.05) is 23.3 Å². The molecule has 0 aliphatic carbocycles. The molecule has 2 saturated heterocycles. The number of anilines is 1. The van der Waals surface area contributed by atoms with Gasteiger partial charge in [-0.1, -0.05) is 6.07 Å². The van der Waals surface area contributed by atoms with Crippen LogP contribution in [0.4, 0.5) is 18.9 Å². The molecule has 1 aromatic rings. The van der Waals surface area contributed by atoms with Crippen LogP contribution in [0.5, 0.6) is 0 Å². The molecule has 1 aromatic carbocycles. The third-order valence-corrected chi connectivity index (χ3v) is 5.36. The number of alkyl halides is 3. The summed E-state index contributed by atoms with van der Waals surface area (Å²) in [6.45, 7) is 5.10. The number of amides is 1. The highest BCUT2D eigenvalue weighted by Gasteiger charge is 2.49. The van der Waals surface area contributed by atoms with Crippen molar-refractivity contribution in [3.05, 3.63) is 29.8 Å². The van der Waals surface area contributed by atoms with Gasteiger partial charge in [0.2, 0.25) is 5.91 Å². The highest BCUT2D eigenvalue weighted by Crippen LogP contribution is 2.44. The largest absolute Gasteiger partial charge is 0.416 e. The number of fused-ring (bicyclic) bond motifs is 1. The Morgan fingerprint density at radius 2 is 2.04 bits per heavy atom. The summed E-state index contributed by atoms with van der Waals surface area (Å²) < 4.78 is 39.3. The van der Waals surface area contributed by atoms with Crippen molar-refractivity contribution >= 4 is 11.6 Å². The third-order valence-electron chi connectivity index (χ3n) is 5.36. The van der Waals surface area contributed by atoms with Crippen LogP contribution in [0.2, 0.25) is 0 Å². The summed E-state index contributed by atoms with van der Waals surface area (Å²) in [4.78, 5) is 15.6. The molecule has 2 aliphatic rings. The van der Waals surface area contributed by atoms with E-state index in [-0.39, 0.29) is 30.1 Å². The Hall–Kier alpha value is -1.76. The lowest BCUT2D eigenvalue weighted by atomic mass is 9.94. The fourth-order valence-electron chi connectivity index (χ4n) is 4.50. The standard InChI is InChI=1S/C18H24F3N3O/c1-17(2)10-15-14(7-4-8-23(15)11-16(22)25)24(17)13-6-3-5-12(9-13)18(19,20)21/h3,5-6,9,14-15H,4,7-8,10-11H2,1-2H3,(H2,22,25)/t14-,15-/m0/s1. The van der Waals surface area contributed by atoms with Gasteiger partial charge in [-0.2, -0.15) is 13.2 Å². The maximum atomic E-state index is 13.1. The van der Waals surface area contributed by atoms with Crippen LogP contribution in [0.25, 0.3) is 0 Å². The molecule has 0 unspecified atom stereocenters. The number of nitrogens with two attached hydrogens (primary N) is 1. The zero-order valence-corrected chi connectivity index (χ0v) is 14.5. The number of rotatable bonds is 3. The fourth-order valence-corrected chi connectivity index (χ4v) is 4.50. The highest BCUT2D eigenvalue weighted by molar-refractivity contribution is 5.76. The van der Waals surface area contributed by atoms with E-state index in [2.05, 4.69) is 9.80 Å². The van der Waals surface area contributed by atoms with E-state index < -0.39 is 11.7 Å². The first-order valence-corrected chi connectivity index (χ1v) is 8.58. The van der Waals surface area contributed by atoms with Crippen molar-refractivity contribution in [2.24, 2.45) is 5.73 Å². The van der Waals surface area contributed by atoms with Crippen LogP contribution in [0, 0.1) is 0 Å². The van der Waals surface area contributed by atoms with Crippen LogP contribution < -0.4 is 10.6 Å². The number of benzene rings is 1. The predicted octanol–water partition coefficient (Wildman–Crippen LogP) is 3.01. The lowest BCUT2D eigenvalue weighted by Gasteiger charge is -2.42. The molecule has 7 heteroatoms. The molecule has 2 atom stereocenters. The average Bonchev–Trinajstić information content (AvgIpc) is 2.77. The molecule has 138 valence electrons. The molecule has 2 fully saturated rings. The van der Waals surface area contributed by atoms with E-state index in [4.69, 9.17) is 5.73 Å². The minimum atomic E-state index is -4.36. The molecule has 0 radical (unpaired) electrons. The Labute approximate surface area is 145 Å². The normalized spacial score (nSPS) is 26.5. The molecule has 25 heavy (non-hydrogen) atoms. The summed E-state index contributed by atoms with van der Waals surface area (Å²) in [5.41, 5.74) is 5.04. The zero-order valence-electron chi connectivity index (χ0n) is 14.5. The number of hydrogen-bond donors (Lipinski definition) is 1. The summed E-state index contributed by atoms with van der Waals surface area (Å²) in [6, 6.07) is 5.76. The van der Waals surface area contributed by atoms with Gasteiger partial charge in [0.25, 0.3) is 0 Å². The Morgan fingerprint density at radius 3 is 2.68 bits per heavy atom.